The van der Waals surface area contributed by atoms with E-state index in [0.717, 1.165) is 0 Å². The first-order valence-corrected chi connectivity index (χ1v) is 6.51. The van der Waals surface area contributed by atoms with Crippen LogP contribution >= 0.6 is 11.6 Å². The van der Waals surface area contributed by atoms with Gasteiger partial charge in [-0.15, -0.1) is 0 Å². The minimum Gasteiger partial charge on any atom is -0.346 e. The summed E-state index contributed by atoms with van der Waals surface area (Å²) in [6.07, 6.45) is 0. The highest BCUT2D eigenvalue weighted by Gasteiger charge is 2.17. The molecular formula is C12H18ClN5O2. The van der Waals surface area contributed by atoms with E-state index in [-0.39, 0.29) is 29.5 Å². The van der Waals surface area contributed by atoms with Crippen molar-refractivity contribution in [3.63, 3.8) is 0 Å². The van der Waals surface area contributed by atoms with E-state index in [1.165, 1.54) is 0 Å². The van der Waals surface area contributed by atoms with Crippen molar-refractivity contribution in [3.8, 4) is 0 Å². The molecule has 110 valence electrons. The highest BCUT2D eigenvalue weighted by Crippen LogP contribution is 2.09. The minimum absolute atomic E-state index is 0.00280. The van der Waals surface area contributed by atoms with Gasteiger partial charge in [0.2, 0.25) is 17.8 Å². The van der Waals surface area contributed by atoms with Gasteiger partial charge in [0.1, 0.15) is 5.15 Å². The van der Waals surface area contributed by atoms with E-state index >= 15 is 0 Å². The molecule has 0 aliphatic carbocycles. The average Bonchev–Trinajstić information content (AvgIpc) is 2.33. The molecule has 0 fully saturated rings. The van der Waals surface area contributed by atoms with Crippen LogP contribution in [0, 0.1) is 12.8 Å². The monoisotopic (exact) mass is 299 g/mol. The number of hydrogen-bond donors (Lipinski definition) is 3. The highest BCUT2D eigenvalue weighted by atomic mass is 35.5. The second-order valence-electron chi connectivity index (χ2n) is 4.69. The lowest BCUT2D eigenvalue weighted by atomic mass is 10.1. The molecule has 1 atom stereocenters. The SMILES string of the molecule is Cc1cc(Cl)nc(NC(=O)CNC(=O)[C@@H](N)C(C)C)n1. The fourth-order valence-corrected chi connectivity index (χ4v) is 1.58. The summed E-state index contributed by atoms with van der Waals surface area (Å²) in [5, 5.41) is 5.13. The van der Waals surface area contributed by atoms with Gasteiger partial charge in [-0.25, -0.2) is 9.97 Å². The molecule has 2 amide bonds. The normalized spacial score (nSPS) is 12.1. The molecule has 1 rings (SSSR count). The zero-order valence-electron chi connectivity index (χ0n) is 11.6. The third-order valence-electron chi connectivity index (χ3n) is 2.52. The Balaban J connectivity index is 2.50. The topological polar surface area (TPSA) is 110 Å². The van der Waals surface area contributed by atoms with Crippen LogP contribution < -0.4 is 16.4 Å². The summed E-state index contributed by atoms with van der Waals surface area (Å²) < 4.78 is 0. The third kappa shape index (κ3) is 5.10. The molecule has 20 heavy (non-hydrogen) atoms. The van der Waals surface area contributed by atoms with Crippen molar-refractivity contribution in [3.05, 3.63) is 16.9 Å². The standard InChI is InChI=1S/C12H18ClN5O2/c1-6(2)10(14)11(20)15-5-9(19)18-12-16-7(3)4-8(13)17-12/h4,6,10H,5,14H2,1-3H3,(H,15,20)(H,16,17,18,19)/t10-/m0/s1. The summed E-state index contributed by atoms with van der Waals surface area (Å²) in [5.41, 5.74) is 6.28. The molecular weight excluding hydrogens is 282 g/mol. The first-order valence-electron chi connectivity index (χ1n) is 6.14. The Morgan fingerprint density at radius 2 is 2.05 bits per heavy atom. The van der Waals surface area contributed by atoms with Crippen molar-refractivity contribution in [2.45, 2.75) is 26.8 Å². The zero-order chi connectivity index (χ0) is 15.3. The van der Waals surface area contributed by atoms with Gasteiger partial charge in [0.05, 0.1) is 12.6 Å². The van der Waals surface area contributed by atoms with Crippen LogP contribution in [0.1, 0.15) is 19.5 Å². The van der Waals surface area contributed by atoms with Gasteiger partial charge in [-0.1, -0.05) is 25.4 Å². The minimum atomic E-state index is -0.646. The molecule has 7 nitrogen and oxygen atoms in total. The lowest BCUT2D eigenvalue weighted by molar-refractivity contribution is -0.125. The number of nitrogens with one attached hydrogen (secondary N) is 2. The van der Waals surface area contributed by atoms with E-state index in [1.54, 1.807) is 13.0 Å². The van der Waals surface area contributed by atoms with E-state index in [4.69, 9.17) is 17.3 Å². The molecule has 4 N–H and O–H groups in total. The molecule has 0 aliphatic heterocycles. The average molecular weight is 300 g/mol. The quantitative estimate of drug-likeness (QED) is 0.685. The van der Waals surface area contributed by atoms with Crippen LogP contribution in [-0.4, -0.2) is 34.4 Å². The van der Waals surface area contributed by atoms with E-state index < -0.39 is 11.9 Å². The molecule has 0 bridgehead atoms. The fourth-order valence-electron chi connectivity index (χ4n) is 1.34. The number of anilines is 1. The summed E-state index contributed by atoms with van der Waals surface area (Å²) in [7, 11) is 0. The Kier molecular flexibility index (Phi) is 5.84. The predicted molar refractivity (Wildman–Crippen MR) is 76.2 cm³/mol. The largest absolute Gasteiger partial charge is 0.346 e. The molecule has 0 aromatic carbocycles. The van der Waals surface area contributed by atoms with Crippen molar-refractivity contribution in [1.29, 1.82) is 0 Å². The van der Waals surface area contributed by atoms with Crippen molar-refractivity contribution in [2.24, 2.45) is 11.7 Å². The molecule has 0 saturated heterocycles. The molecule has 1 heterocycles. The number of aryl methyl sites for hydroxylation is 1. The first-order chi connectivity index (χ1) is 9.29. The van der Waals surface area contributed by atoms with Crippen molar-refractivity contribution >= 4 is 29.4 Å². The van der Waals surface area contributed by atoms with Gasteiger partial charge in [0.15, 0.2) is 0 Å². The molecule has 0 spiro atoms. The van der Waals surface area contributed by atoms with E-state index in [0.29, 0.717) is 5.69 Å². The summed E-state index contributed by atoms with van der Waals surface area (Å²) in [5.74, 6) is -0.728. The zero-order valence-corrected chi connectivity index (χ0v) is 12.4. The maximum atomic E-state index is 11.6. The number of carbonyl (C=O) groups is 2. The summed E-state index contributed by atoms with van der Waals surface area (Å²) >= 11 is 5.75. The Morgan fingerprint density at radius 1 is 1.40 bits per heavy atom. The second-order valence-corrected chi connectivity index (χ2v) is 5.08. The van der Waals surface area contributed by atoms with Gasteiger partial charge in [-0.2, -0.15) is 0 Å². The molecule has 8 heteroatoms. The Bertz CT molecular complexity index is 486. The summed E-state index contributed by atoms with van der Waals surface area (Å²) in [6.45, 7) is 5.18. The number of nitrogens with zero attached hydrogens (tertiary/aromatic N) is 2. The van der Waals surface area contributed by atoms with E-state index in [1.807, 2.05) is 13.8 Å². The maximum absolute atomic E-state index is 11.6. The number of hydrogen-bond acceptors (Lipinski definition) is 5. The maximum Gasteiger partial charge on any atom is 0.246 e. The first kappa shape index (κ1) is 16.3. The Labute approximate surface area is 122 Å². The van der Waals surface area contributed by atoms with Gasteiger partial charge in [0.25, 0.3) is 0 Å². The summed E-state index contributed by atoms with van der Waals surface area (Å²) in [4.78, 5) is 31.1. The van der Waals surface area contributed by atoms with E-state index in [9.17, 15) is 9.59 Å². The van der Waals surface area contributed by atoms with Crippen LogP contribution in [0.3, 0.4) is 0 Å². The molecule has 0 aliphatic rings. The van der Waals surface area contributed by atoms with Gasteiger partial charge in [0, 0.05) is 5.69 Å². The highest BCUT2D eigenvalue weighted by molar-refractivity contribution is 6.29. The number of aromatic nitrogens is 2. The number of amides is 2. The van der Waals surface area contributed by atoms with Crippen LogP contribution in [0.5, 0.6) is 0 Å². The molecule has 1 aromatic rings. The number of rotatable bonds is 5. The second kappa shape index (κ2) is 7.16. The van der Waals surface area contributed by atoms with Crippen molar-refractivity contribution in [2.75, 3.05) is 11.9 Å². The number of halogens is 1. The van der Waals surface area contributed by atoms with E-state index in [2.05, 4.69) is 20.6 Å². The molecule has 0 saturated carbocycles. The number of nitrogens with two attached hydrogens (primary N) is 1. The van der Waals surface area contributed by atoms with Crippen LogP contribution in [0.25, 0.3) is 0 Å². The van der Waals surface area contributed by atoms with Crippen LogP contribution in [0.2, 0.25) is 5.15 Å². The van der Waals surface area contributed by atoms with Crippen molar-refractivity contribution in [1.82, 2.24) is 15.3 Å². The fraction of sp³-hybridized carbons (Fsp3) is 0.500. The third-order valence-corrected chi connectivity index (χ3v) is 2.71. The van der Waals surface area contributed by atoms with Crippen molar-refractivity contribution < 1.29 is 9.59 Å². The lowest BCUT2D eigenvalue weighted by Crippen LogP contribution is -2.46. The van der Waals surface area contributed by atoms with Gasteiger partial charge in [-0.3, -0.25) is 14.9 Å². The Morgan fingerprint density at radius 3 is 2.60 bits per heavy atom. The predicted octanol–water partition coefficient (Wildman–Crippen LogP) is 0.476. The van der Waals surface area contributed by atoms with Crippen LogP contribution in [0.4, 0.5) is 5.95 Å². The molecule has 1 aromatic heterocycles. The smallest absolute Gasteiger partial charge is 0.246 e. The van der Waals surface area contributed by atoms with Crippen LogP contribution in [-0.2, 0) is 9.59 Å². The summed E-state index contributed by atoms with van der Waals surface area (Å²) in [6, 6.07) is 0.924. The van der Waals surface area contributed by atoms with Crippen LogP contribution in [0.15, 0.2) is 6.07 Å². The lowest BCUT2D eigenvalue weighted by Gasteiger charge is -2.14. The van der Waals surface area contributed by atoms with Gasteiger partial charge in [-0.05, 0) is 18.9 Å². The number of carbonyl (C=O) groups excluding carboxylic acids is 2. The van der Waals surface area contributed by atoms with Gasteiger partial charge < -0.3 is 11.1 Å². The molecule has 0 radical (unpaired) electrons. The Hall–Kier alpha value is -1.73. The molecule has 0 unspecified atom stereocenters. The van der Waals surface area contributed by atoms with Gasteiger partial charge >= 0.3 is 0 Å².